The van der Waals surface area contributed by atoms with E-state index in [2.05, 4.69) is 15.5 Å². The number of nitrogens with one attached hydrogen (secondary N) is 2. The van der Waals surface area contributed by atoms with Crippen LogP contribution >= 0.6 is 0 Å². The summed E-state index contributed by atoms with van der Waals surface area (Å²) in [6, 6.07) is 23.8. The van der Waals surface area contributed by atoms with E-state index in [1.165, 1.54) is 36.4 Å². The first-order valence-electron chi connectivity index (χ1n) is 16.7. The Morgan fingerprint density at radius 2 is 1.62 bits per heavy atom. The number of aromatic hydroxyl groups is 3. The Morgan fingerprint density at radius 1 is 0.827 bits per heavy atom. The third kappa shape index (κ3) is 5.77. The molecular formula is C41H31N3O8. The number of hydrogen-bond donors (Lipinski definition) is 6. The molecule has 0 saturated heterocycles. The van der Waals surface area contributed by atoms with E-state index < -0.39 is 11.9 Å². The summed E-state index contributed by atoms with van der Waals surface area (Å²) in [5.74, 6) is -1.25. The highest BCUT2D eigenvalue weighted by atomic mass is 16.4. The number of aromatic nitrogens is 2. The molecule has 0 unspecified atom stereocenters. The third-order valence-corrected chi connectivity index (χ3v) is 9.78. The zero-order valence-electron chi connectivity index (χ0n) is 27.5. The van der Waals surface area contributed by atoms with Gasteiger partial charge in [0.1, 0.15) is 28.6 Å². The molecule has 1 fully saturated rings. The number of aromatic carboxylic acids is 1. The number of benzene rings is 5. The molecule has 0 spiro atoms. The molecule has 1 amide bonds. The molecule has 258 valence electrons. The summed E-state index contributed by atoms with van der Waals surface area (Å²) >= 11 is 0. The lowest BCUT2D eigenvalue weighted by Crippen LogP contribution is -2.23. The first kappa shape index (κ1) is 32.3. The van der Waals surface area contributed by atoms with E-state index in [-0.39, 0.29) is 57.6 Å². The zero-order valence-corrected chi connectivity index (χ0v) is 27.5. The summed E-state index contributed by atoms with van der Waals surface area (Å²) in [4.78, 5) is 38.0. The highest BCUT2D eigenvalue weighted by molar-refractivity contribution is 6.09. The van der Waals surface area contributed by atoms with Crippen LogP contribution in [0.2, 0.25) is 0 Å². The second kappa shape index (κ2) is 12.8. The molecule has 0 bridgehead atoms. The number of carboxylic acid groups (broad SMARTS) is 1. The van der Waals surface area contributed by atoms with Gasteiger partial charge in [-0.2, -0.15) is 5.10 Å². The number of rotatable bonds is 8. The molecule has 5 aromatic rings. The van der Waals surface area contributed by atoms with Crippen molar-refractivity contribution in [3.63, 3.8) is 0 Å². The maximum Gasteiger partial charge on any atom is 0.336 e. The van der Waals surface area contributed by atoms with Gasteiger partial charge in [-0.25, -0.2) is 4.79 Å². The molecule has 11 heteroatoms. The largest absolute Gasteiger partial charge is 0.508 e. The molecule has 1 aliphatic heterocycles. The normalized spacial score (nSPS) is 12.9. The Balaban J connectivity index is 1.04. The van der Waals surface area contributed by atoms with Gasteiger partial charge in [-0.3, -0.25) is 14.7 Å². The van der Waals surface area contributed by atoms with Gasteiger partial charge >= 0.3 is 5.97 Å². The monoisotopic (exact) mass is 693 g/mol. The summed E-state index contributed by atoms with van der Waals surface area (Å²) in [5.41, 5.74) is 5.66. The van der Waals surface area contributed by atoms with E-state index in [4.69, 9.17) is 4.42 Å². The number of hydrogen-bond acceptors (Lipinski definition) is 8. The Hall–Kier alpha value is -6.88. The SMILES string of the molecule is O=C(NCc1ccc(-c2cn[nH]c2-c2cc(C3CCC3)c(O)cc2O)cc1)c1ccc(-c2c3ccc(=O)cc-3oc3cc(O)ccc23)c(C(=O)O)c1. The van der Waals surface area contributed by atoms with Crippen LogP contribution in [0.4, 0.5) is 0 Å². The molecule has 6 N–H and O–H groups in total. The molecule has 0 radical (unpaired) electrons. The van der Waals surface area contributed by atoms with Gasteiger partial charge in [0.05, 0.1) is 17.5 Å². The minimum Gasteiger partial charge on any atom is -0.508 e. The first-order valence-corrected chi connectivity index (χ1v) is 16.7. The molecule has 3 aliphatic rings. The average molecular weight is 694 g/mol. The molecule has 1 aromatic heterocycles. The van der Waals surface area contributed by atoms with Crippen LogP contribution in [0, 0.1) is 0 Å². The number of carboxylic acids is 1. The van der Waals surface area contributed by atoms with Crippen molar-refractivity contribution in [2.24, 2.45) is 0 Å². The topological polar surface area (TPSA) is 186 Å². The van der Waals surface area contributed by atoms with Crippen LogP contribution in [-0.2, 0) is 6.54 Å². The van der Waals surface area contributed by atoms with Gasteiger partial charge in [0.2, 0.25) is 0 Å². The maximum absolute atomic E-state index is 13.3. The number of nitrogens with zero attached hydrogens (tertiary/aromatic N) is 1. The van der Waals surface area contributed by atoms with Crippen molar-refractivity contribution in [1.82, 2.24) is 15.5 Å². The summed E-state index contributed by atoms with van der Waals surface area (Å²) in [6.07, 6.45) is 4.77. The molecular weight excluding hydrogens is 662 g/mol. The Kier molecular flexibility index (Phi) is 7.95. The summed E-state index contributed by atoms with van der Waals surface area (Å²) in [7, 11) is 0. The maximum atomic E-state index is 13.3. The van der Waals surface area contributed by atoms with Crippen molar-refractivity contribution in [2.45, 2.75) is 31.7 Å². The van der Waals surface area contributed by atoms with Crippen molar-refractivity contribution in [2.75, 3.05) is 0 Å². The quantitative estimate of drug-likeness (QED) is 0.0870. The van der Waals surface area contributed by atoms with E-state index >= 15 is 0 Å². The second-order valence-corrected chi connectivity index (χ2v) is 13.0. The molecule has 11 nitrogen and oxygen atoms in total. The summed E-state index contributed by atoms with van der Waals surface area (Å²) in [6.45, 7) is 0.168. The van der Waals surface area contributed by atoms with Crippen LogP contribution in [0.15, 0.2) is 106 Å². The van der Waals surface area contributed by atoms with Gasteiger partial charge in [0, 0.05) is 57.9 Å². The van der Waals surface area contributed by atoms with Crippen LogP contribution in [0.5, 0.6) is 17.2 Å². The number of carbonyl (C=O) groups is 2. The smallest absolute Gasteiger partial charge is 0.336 e. The van der Waals surface area contributed by atoms with Crippen molar-refractivity contribution >= 4 is 22.8 Å². The molecule has 0 atom stereocenters. The van der Waals surface area contributed by atoms with Crippen molar-refractivity contribution in [1.29, 1.82) is 0 Å². The fourth-order valence-corrected chi connectivity index (χ4v) is 6.87. The number of phenols is 3. The number of carbonyl (C=O) groups excluding carboxylic acids is 1. The van der Waals surface area contributed by atoms with Crippen LogP contribution in [0.1, 0.15) is 57.0 Å². The van der Waals surface area contributed by atoms with Gasteiger partial charge in [0.15, 0.2) is 5.43 Å². The van der Waals surface area contributed by atoms with Crippen LogP contribution in [-0.4, -0.2) is 42.5 Å². The highest BCUT2D eigenvalue weighted by Crippen LogP contribution is 2.46. The lowest BCUT2D eigenvalue weighted by molar-refractivity contribution is 0.0697. The molecule has 1 saturated carbocycles. The number of amides is 1. The minimum atomic E-state index is -1.25. The van der Waals surface area contributed by atoms with Crippen molar-refractivity contribution in [3.8, 4) is 62.1 Å². The Bertz CT molecular complexity index is 2570. The molecule has 52 heavy (non-hydrogen) atoms. The Morgan fingerprint density at radius 3 is 2.37 bits per heavy atom. The van der Waals surface area contributed by atoms with Crippen molar-refractivity contribution in [3.05, 3.63) is 130 Å². The lowest BCUT2D eigenvalue weighted by atomic mass is 9.79. The number of fused-ring (bicyclic) bond motifs is 2. The van der Waals surface area contributed by atoms with Gasteiger partial charge in [-0.05, 0) is 83.5 Å². The van der Waals surface area contributed by atoms with E-state index in [1.807, 2.05) is 30.3 Å². The van der Waals surface area contributed by atoms with Crippen LogP contribution in [0.3, 0.4) is 0 Å². The predicted octanol–water partition coefficient (Wildman–Crippen LogP) is 7.63. The zero-order chi connectivity index (χ0) is 36.1. The van der Waals surface area contributed by atoms with Gasteiger partial charge < -0.3 is 30.2 Å². The van der Waals surface area contributed by atoms with Gasteiger partial charge in [0.25, 0.3) is 5.91 Å². The molecule has 4 aromatic carbocycles. The van der Waals surface area contributed by atoms with Crippen LogP contribution < -0.4 is 10.7 Å². The lowest BCUT2D eigenvalue weighted by Gasteiger charge is -2.27. The van der Waals surface area contributed by atoms with Gasteiger partial charge in [-0.15, -0.1) is 0 Å². The van der Waals surface area contributed by atoms with E-state index in [1.54, 1.807) is 30.5 Å². The van der Waals surface area contributed by atoms with Crippen LogP contribution in [0.25, 0.3) is 55.8 Å². The summed E-state index contributed by atoms with van der Waals surface area (Å²) < 4.78 is 5.89. The average Bonchev–Trinajstić information content (AvgIpc) is 3.59. The van der Waals surface area contributed by atoms with Crippen molar-refractivity contribution < 1.29 is 34.4 Å². The fourth-order valence-electron chi connectivity index (χ4n) is 6.87. The minimum absolute atomic E-state index is 0.0522. The fraction of sp³-hybridized carbons (Fsp3) is 0.122. The first-order chi connectivity index (χ1) is 25.1. The third-order valence-electron chi connectivity index (χ3n) is 9.78. The van der Waals surface area contributed by atoms with E-state index in [0.29, 0.717) is 33.3 Å². The number of phenolic OH excluding ortho intramolecular Hbond substituents is 3. The second-order valence-electron chi connectivity index (χ2n) is 13.0. The standard InChI is InChI=1S/C41H31N3O8/c45-25-9-12-28-36(15-25)52-37-16-26(46)10-13-29(37)38(28)27-11-8-24(14-31(27)41(50)51)40(49)42-19-21-4-6-23(7-5-21)33-20-43-44-39(33)32-17-30(22-2-1-3-22)34(47)18-35(32)48/h4-18,20,22,45,47-48H,1-3,19H2,(H,42,49)(H,43,44)(H,50,51). The molecule has 2 heterocycles. The molecule has 2 aliphatic carbocycles. The number of H-pyrrole nitrogens is 1. The predicted molar refractivity (Wildman–Crippen MR) is 194 cm³/mol. The molecule has 8 rings (SSSR count). The van der Waals surface area contributed by atoms with E-state index in [9.17, 15) is 34.8 Å². The highest BCUT2D eigenvalue weighted by Gasteiger charge is 2.26. The Labute approximate surface area is 295 Å². The van der Waals surface area contributed by atoms with Gasteiger partial charge in [-0.1, -0.05) is 36.8 Å². The van der Waals surface area contributed by atoms with E-state index in [0.717, 1.165) is 41.5 Å². The summed E-state index contributed by atoms with van der Waals surface area (Å²) in [5, 5.41) is 52.1. The number of aromatic amines is 1.